The number of hydrogen-bond donors (Lipinski definition) is 0. The van der Waals surface area contributed by atoms with Crippen LogP contribution in [0.3, 0.4) is 0 Å². The molecule has 3 heterocycles. The maximum atomic E-state index is 13.1. The Kier molecular flexibility index (Phi) is 5.58. The summed E-state index contributed by atoms with van der Waals surface area (Å²) in [6.45, 7) is 3.81. The van der Waals surface area contributed by atoms with Gasteiger partial charge in [-0.25, -0.2) is 5.01 Å². The zero-order chi connectivity index (χ0) is 18.0. The van der Waals surface area contributed by atoms with Crippen molar-refractivity contribution in [1.29, 1.82) is 0 Å². The van der Waals surface area contributed by atoms with Crippen molar-refractivity contribution in [1.82, 2.24) is 19.8 Å². The molecule has 3 amide bonds. The second-order valence-corrected chi connectivity index (χ2v) is 7.12. The molecule has 8 heteroatoms. The van der Waals surface area contributed by atoms with Crippen LogP contribution in [0.2, 0.25) is 0 Å². The molecule has 3 aliphatic rings. The number of carbonyl (C=O) groups excluding carboxylic acids is 3. The number of piperazine rings is 1. The van der Waals surface area contributed by atoms with E-state index in [9.17, 15) is 14.4 Å². The number of carbonyl (C=O) groups is 3. The fourth-order valence-electron chi connectivity index (χ4n) is 4.06. The molecule has 0 aromatic carbocycles. The summed E-state index contributed by atoms with van der Waals surface area (Å²) in [4.78, 5) is 40.7. The lowest BCUT2D eigenvalue weighted by molar-refractivity contribution is -0.197. The Morgan fingerprint density at radius 2 is 2.12 bits per heavy atom. The molecule has 3 atom stereocenters. The van der Waals surface area contributed by atoms with E-state index in [1.807, 2.05) is 0 Å². The van der Waals surface area contributed by atoms with Crippen molar-refractivity contribution in [3.8, 4) is 0 Å². The first-order valence-electron chi connectivity index (χ1n) is 9.23. The van der Waals surface area contributed by atoms with Crippen molar-refractivity contribution in [2.75, 3.05) is 33.3 Å². The smallest absolute Gasteiger partial charge is 0.245 e. The number of unbranched alkanes of at least 4 members (excludes halogenated alkanes) is 1. The summed E-state index contributed by atoms with van der Waals surface area (Å²) in [5, 5.41) is 3.17. The van der Waals surface area contributed by atoms with E-state index in [1.54, 1.807) is 21.9 Å². The summed E-state index contributed by atoms with van der Waals surface area (Å²) in [6.07, 6.45) is 4.82. The average Bonchev–Trinajstić information content (AvgIpc) is 3.08. The molecule has 0 spiro atoms. The largest absolute Gasteiger partial charge is 0.376 e. The van der Waals surface area contributed by atoms with Gasteiger partial charge in [0.15, 0.2) is 0 Å². The van der Waals surface area contributed by atoms with E-state index in [1.165, 1.54) is 5.01 Å². The minimum atomic E-state index is -0.483. The minimum Gasteiger partial charge on any atom is -0.376 e. The number of hydrogen-bond acceptors (Lipinski definition) is 5. The molecule has 3 saturated heterocycles. The van der Waals surface area contributed by atoms with Crippen LogP contribution in [0.25, 0.3) is 0 Å². The van der Waals surface area contributed by atoms with E-state index >= 15 is 0 Å². The van der Waals surface area contributed by atoms with Gasteiger partial charge in [-0.05, 0) is 19.3 Å². The van der Waals surface area contributed by atoms with Gasteiger partial charge in [0.05, 0.1) is 19.2 Å². The first-order chi connectivity index (χ1) is 12.1. The number of likely N-dealkylation sites (N-methyl/N-ethyl adjacent to an activating group) is 1. The SMILES string of the molecule is CCCC[C@H]1C(=O)N(CC2CCCO2)CC2N1C(=O)CN(C)N2C=O. The molecule has 140 valence electrons. The van der Waals surface area contributed by atoms with Gasteiger partial charge in [0.1, 0.15) is 12.2 Å². The third kappa shape index (κ3) is 3.50. The molecule has 0 saturated carbocycles. The lowest BCUT2D eigenvalue weighted by Crippen LogP contribution is -2.74. The predicted molar refractivity (Wildman–Crippen MR) is 90.0 cm³/mol. The normalized spacial score (nSPS) is 30.8. The number of nitrogens with zero attached hydrogens (tertiary/aromatic N) is 4. The molecule has 3 aliphatic heterocycles. The zero-order valence-electron chi connectivity index (χ0n) is 15.1. The van der Waals surface area contributed by atoms with Gasteiger partial charge in [-0.1, -0.05) is 19.8 Å². The van der Waals surface area contributed by atoms with Crippen molar-refractivity contribution < 1.29 is 19.1 Å². The Labute approximate surface area is 148 Å². The molecule has 2 unspecified atom stereocenters. The minimum absolute atomic E-state index is 0.0102. The molecule has 0 aliphatic carbocycles. The predicted octanol–water partition coefficient (Wildman–Crippen LogP) is 0.0399. The molecule has 0 aromatic heterocycles. The lowest BCUT2D eigenvalue weighted by Gasteiger charge is -2.53. The van der Waals surface area contributed by atoms with Crippen LogP contribution < -0.4 is 0 Å². The standard InChI is InChI=1S/C17H28N4O4/c1-3-4-7-14-17(24)19(9-13-6-5-8-25-13)10-15-20(12-22)18(2)11-16(23)21(14)15/h12-15H,3-11H2,1-2H3/t13?,14-,15?/m0/s1. The van der Waals surface area contributed by atoms with Crippen LogP contribution >= 0.6 is 0 Å². The molecule has 8 nitrogen and oxygen atoms in total. The molecule has 3 rings (SSSR count). The van der Waals surface area contributed by atoms with Crippen LogP contribution in [-0.4, -0.2) is 89.6 Å². The van der Waals surface area contributed by atoms with Gasteiger partial charge in [-0.2, -0.15) is 0 Å². The Balaban J connectivity index is 1.84. The number of ether oxygens (including phenoxy) is 1. The van der Waals surface area contributed by atoms with Gasteiger partial charge in [-0.15, -0.1) is 0 Å². The number of hydrazine groups is 1. The fraction of sp³-hybridized carbons (Fsp3) is 0.824. The Hall–Kier alpha value is -1.67. The zero-order valence-corrected chi connectivity index (χ0v) is 15.1. The van der Waals surface area contributed by atoms with Crippen LogP contribution in [0.5, 0.6) is 0 Å². The van der Waals surface area contributed by atoms with Crippen molar-refractivity contribution in [3.63, 3.8) is 0 Å². The first kappa shape index (κ1) is 18.1. The van der Waals surface area contributed by atoms with Crippen molar-refractivity contribution in [2.24, 2.45) is 0 Å². The highest BCUT2D eigenvalue weighted by Crippen LogP contribution is 2.28. The van der Waals surface area contributed by atoms with Crippen LogP contribution in [0.15, 0.2) is 0 Å². The lowest BCUT2D eigenvalue weighted by atomic mass is 10.0. The molecule has 3 fully saturated rings. The van der Waals surface area contributed by atoms with Gasteiger partial charge >= 0.3 is 0 Å². The third-order valence-electron chi connectivity index (χ3n) is 5.38. The Morgan fingerprint density at radius 3 is 2.76 bits per heavy atom. The van der Waals surface area contributed by atoms with E-state index < -0.39 is 12.2 Å². The van der Waals surface area contributed by atoms with Crippen molar-refractivity contribution in [2.45, 2.75) is 57.3 Å². The van der Waals surface area contributed by atoms with Crippen molar-refractivity contribution >= 4 is 18.2 Å². The number of rotatable bonds is 6. The molecule has 0 bridgehead atoms. The summed E-state index contributed by atoms with van der Waals surface area (Å²) in [6, 6.07) is -0.483. The molecular formula is C17H28N4O4. The molecule has 0 N–H and O–H groups in total. The van der Waals surface area contributed by atoms with E-state index in [0.717, 1.165) is 38.7 Å². The van der Waals surface area contributed by atoms with Crippen LogP contribution in [0.1, 0.15) is 39.0 Å². The van der Waals surface area contributed by atoms with Gasteiger partial charge in [0.2, 0.25) is 18.2 Å². The van der Waals surface area contributed by atoms with Gasteiger partial charge in [0, 0.05) is 20.2 Å². The van der Waals surface area contributed by atoms with E-state index in [0.29, 0.717) is 19.5 Å². The highest BCUT2D eigenvalue weighted by Gasteiger charge is 2.49. The maximum Gasteiger partial charge on any atom is 0.245 e. The second-order valence-electron chi connectivity index (χ2n) is 7.12. The second kappa shape index (κ2) is 7.70. The summed E-state index contributed by atoms with van der Waals surface area (Å²) in [5.41, 5.74) is 0. The van der Waals surface area contributed by atoms with E-state index in [4.69, 9.17) is 4.74 Å². The topological polar surface area (TPSA) is 73.4 Å². The van der Waals surface area contributed by atoms with Gasteiger partial charge in [0.25, 0.3) is 0 Å². The first-order valence-corrected chi connectivity index (χ1v) is 9.23. The van der Waals surface area contributed by atoms with Crippen molar-refractivity contribution in [3.05, 3.63) is 0 Å². The summed E-state index contributed by atoms with van der Waals surface area (Å²) < 4.78 is 5.68. The number of fused-ring (bicyclic) bond motifs is 1. The van der Waals surface area contributed by atoms with E-state index in [2.05, 4.69) is 6.92 Å². The molecule has 0 aromatic rings. The monoisotopic (exact) mass is 352 g/mol. The molecule has 25 heavy (non-hydrogen) atoms. The van der Waals surface area contributed by atoms with Gasteiger partial charge < -0.3 is 14.5 Å². The van der Waals surface area contributed by atoms with Crippen LogP contribution in [0.4, 0.5) is 0 Å². The quantitative estimate of drug-likeness (QED) is 0.631. The molecule has 0 radical (unpaired) electrons. The summed E-state index contributed by atoms with van der Waals surface area (Å²) in [7, 11) is 1.73. The maximum absolute atomic E-state index is 13.1. The average molecular weight is 352 g/mol. The highest BCUT2D eigenvalue weighted by molar-refractivity contribution is 5.90. The van der Waals surface area contributed by atoms with Crippen LogP contribution in [0, 0.1) is 0 Å². The summed E-state index contributed by atoms with van der Waals surface area (Å²) >= 11 is 0. The number of amides is 3. The Bertz CT molecular complexity index is 523. The van der Waals surface area contributed by atoms with Crippen LogP contribution in [-0.2, 0) is 19.1 Å². The highest BCUT2D eigenvalue weighted by atomic mass is 16.5. The van der Waals surface area contributed by atoms with Gasteiger partial charge in [-0.3, -0.25) is 19.4 Å². The summed E-state index contributed by atoms with van der Waals surface area (Å²) in [5.74, 6) is -0.0965. The molecular weight excluding hydrogens is 324 g/mol. The third-order valence-corrected chi connectivity index (χ3v) is 5.38. The Morgan fingerprint density at radius 1 is 1.32 bits per heavy atom. The fourth-order valence-corrected chi connectivity index (χ4v) is 4.06. The van der Waals surface area contributed by atoms with E-state index in [-0.39, 0.29) is 24.5 Å².